The highest BCUT2D eigenvalue weighted by Crippen LogP contribution is 2.12. The molecular formula is C14H23NOS. The lowest BCUT2D eigenvalue weighted by Gasteiger charge is -2.25. The van der Waals surface area contributed by atoms with Crippen LogP contribution in [0.25, 0.3) is 0 Å². The largest absolute Gasteiger partial charge is 0.395 e. The van der Waals surface area contributed by atoms with Crippen molar-refractivity contribution in [2.75, 3.05) is 12.9 Å². The summed E-state index contributed by atoms with van der Waals surface area (Å²) in [6.07, 6.45) is 3.07. The maximum absolute atomic E-state index is 9.24. The van der Waals surface area contributed by atoms with Gasteiger partial charge in [0.05, 0.1) is 6.61 Å². The zero-order chi connectivity index (χ0) is 12.7. The number of aliphatic hydroxyl groups excluding tert-OH is 1. The molecule has 2 nitrogen and oxygen atoms in total. The Bertz CT molecular complexity index is 300. The van der Waals surface area contributed by atoms with Crippen molar-refractivity contribution in [3.63, 3.8) is 0 Å². The molecule has 0 radical (unpaired) electrons. The molecule has 17 heavy (non-hydrogen) atoms. The maximum atomic E-state index is 9.24. The Morgan fingerprint density at radius 2 is 1.88 bits per heavy atom. The zero-order valence-corrected chi connectivity index (χ0v) is 11.7. The number of thioether (sulfide) groups is 1. The highest BCUT2D eigenvalue weighted by atomic mass is 32.2. The lowest BCUT2D eigenvalue weighted by molar-refractivity contribution is 0.271. The quantitative estimate of drug-likeness (QED) is 0.782. The summed E-state index contributed by atoms with van der Waals surface area (Å²) in [5, 5.41) is 13.1. The number of benzene rings is 1. The third-order valence-electron chi connectivity index (χ3n) is 2.97. The first-order valence-corrected chi connectivity index (χ1v) is 7.39. The van der Waals surface area contributed by atoms with Crippen LogP contribution in [0.15, 0.2) is 30.3 Å². The molecule has 0 aliphatic rings. The van der Waals surface area contributed by atoms with Crippen molar-refractivity contribution in [2.24, 2.45) is 0 Å². The standard InChI is InChI=1S/C14H23NOS/c1-11(9-13-7-5-4-6-8-13)15-12(2)14(10-16)17-3/h4-8,11-12,14-16H,9-10H2,1-3H3. The van der Waals surface area contributed by atoms with Gasteiger partial charge in [-0.2, -0.15) is 11.8 Å². The Hall–Kier alpha value is -0.510. The summed E-state index contributed by atoms with van der Waals surface area (Å²) >= 11 is 1.71. The second-order valence-electron chi connectivity index (χ2n) is 4.50. The van der Waals surface area contributed by atoms with Gasteiger partial charge in [-0.25, -0.2) is 0 Å². The first kappa shape index (κ1) is 14.6. The summed E-state index contributed by atoms with van der Waals surface area (Å²) in [4.78, 5) is 0. The van der Waals surface area contributed by atoms with Crippen LogP contribution in [0.5, 0.6) is 0 Å². The van der Waals surface area contributed by atoms with Gasteiger partial charge >= 0.3 is 0 Å². The van der Waals surface area contributed by atoms with E-state index in [4.69, 9.17) is 0 Å². The van der Waals surface area contributed by atoms with Gasteiger partial charge in [-0.15, -0.1) is 0 Å². The van der Waals surface area contributed by atoms with Gasteiger partial charge in [0.15, 0.2) is 0 Å². The number of hydrogen-bond acceptors (Lipinski definition) is 3. The van der Waals surface area contributed by atoms with E-state index in [0.717, 1.165) is 6.42 Å². The molecule has 0 saturated heterocycles. The molecule has 0 aliphatic heterocycles. The molecule has 1 aromatic carbocycles. The van der Waals surface area contributed by atoms with Gasteiger partial charge in [0.1, 0.15) is 0 Å². The van der Waals surface area contributed by atoms with Gasteiger partial charge in [-0.3, -0.25) is 0 Å². The van der Waals surface area contributed by atoms with Gasteiger partial charge in [-0.05, 0) is 32.1 Å². The van der Waals surface area contributed by atoms with E-state index in [1.165, 1.54) is 5.56 Å². The SMILES string of the molecule is CSC(CO)C(C)NC(C)Cc1ccccc1. The Kier molecular flexibility index (Phi) is 6.63. The minimum absolute atomic E-state index is 0.230. The normalized spacial score (nSPS) is 16.5. The van der Waals surface area contributed by atoms with Crippen LogP contribution in [0.2, 0.25) is 0 Å². The van der Waals surface area contributed by atoms with E-state index in [0.29, 0.717) is 12.1 Å². The molecule has 0 bridgehead atoms. The minimum atomic E-state index is 0.230. The second kappa shape index (κ2) is 7.75. The van der Waals surface area contributed by atoms with Gasteiger partial charge in [-0.1, -0.05) is 30.3 Å². The monoisotopic (exact) mass is 253 g/mol. The second-order valence-corrected chi connectivity index (χ2v) is 5.58. The Balaban J connectivity index is 2.41. The Morgan fingerprint density at radius 3 is 2.41 bits per heavy atom. The fourth-order valence-corrected chi connectivity index (χ4v) is 2.66. The molecule has 3 atom stereocenters. The highest BCUT2D eigenvalue weighted by molar-refractivity contribution is 7.99. The van der Waals surface area contributed by atoms with Crippen molar-refractivity contribution >= 4 is 11.8 Å². The fraction of sp³-hybridized carbons (Fsp3) is 0.571. The van der Waals surface area contributed by atoms with Gasteiger partial charge < -0.3 is 10.4 Å². The molecule has 0 heterocycles. The third kappa shape index (κ3) is 5.11. The molecule has 3 heteroatoms. The summed E-state index contributed by atoms with van der Waals surface area (Å²) < 4.78 is 0. The maximum Gasteiger partial charge on any atom is 0.0564 e. The smallest absolute Gasteiger partial charge is 0.0564 e. The van der Waals surface area contributed by atoms with Crippen LogP contribution in [0.1, 0.15) is 19.4 Å². The van der Waals surface area contributed by atoms with Crippen molar-refractivity contribution in [1.82, 2.24) is 5.32 Å². The first-order valence-electron chi connectivity index (χ1n) is 6.11. The predicted molar refractivity (Wildman–Crippen MR) is 76.6 cm³/mol. The molecule has 0 fully saturated rings. The molecule has 1 aromatic rings. The average Bonchev–Trinajstić information content (AvgIpc) is 2.31. The molecular weight excluding hydrogens is 230 g/mol. The third-order valence-corrected chi connectivity index (χ3v) is 4.14. The zero-order valence-electron chi connectivity index (χ0n) is 10.9. The van der Waals surface area contributed by atoms with Crippen LogP contribution in [-0.4, -0.2) is 35.3 Å². The summed E-state index contributed by atoms with van der Waals surface area (Å²) in [7, 11) is 0. The van der Waals surface area contributed by atoms with Crippen LogP contribution in [0.4, 0.5) is 0 Å². The molecule has 3 unspecified atom stereocenters. The summed E-state index contributed by atoms with van der Waals surface area (Å²) in [6.45, 7) is 4.56. The van der Waals surface area contributed by atoms with Crippen molar-refractivity contribution in [3.8, 4) is 0 Å². The number of aliphatic hydroxyl groups is 1. The molecule has 0 aromatic heterocycles. The van der Waals surface area contributed by atoms with Crippen molar-refractivity contribution < 1.29 is 5.11 Å². The molecule has 0 saturated carbocycles. The number of nitrogens with one attached hydrogen (secondary N) is 1. The van der Waals surface area contributed by atoms with E-state index in [1.807, 2.05) is 12.3 Å². The lowest BCUT2D eigenvalue weighted by Crippen LogP contribution is -2.43. The van der Waals surface area contributed by atoms with Gasteiger partial charge in [0, 0.05) is 17.3 Å². The molecule has 2 N–H and O–H groups in total. The van der Waals surface area contributed by atoms with Gasteiger partial charge in [0.25, 0.3) is 0 Å². The Labute approximate surface area is 109 Å². The van der Waals surface area contributed by atoms with Crippen LogP contribution in [-0.2, 0) is 6.42 Å². The molecule has 0 aliphatic carbocycles. The molecule has 0 amide bonds. The van der Waals surface area contributed by atoms with Crippen LogP contribution in [0, 0.1) is 0 Å². The van der Waals surface area contributed by atoms with E-state index < -0.39 is 0 Å². The van der Waals surface area contributed by atoms with Crippen LogP contribution >= 0.6 is 11.8 Å². The molecule has 1 rings (SSSR count). The summed E-state index contributed by atoms with van der Waals surface area (Å²) in [5.41, 5.74) is 1.35. The van der Waals surface area contributed by atoms with Crippen LogP contribution < -0.4 is 5.32 Å². The van der Waals surface area contributed by atoms with E-state index in [-0.39, 0.29) is 11.9 Å². The summed E-state index contributed by atoms with van der Waals surface area (Å²) in [6, 6.07) is 11.2. The molecule has 0 spiro atoms. The minimum Gasteiger partial charge on any atom is -0.395 e. The van der Waals surface area contributed by atoms with E-state index >= 15 is 0 Å². The van der Waals surface area contributed by atoms with Crippen LogP contribution in [0.3, 0.4) is 0 Å². The molecule has 96 valence electrons. The van der Waals surface area contributed by atoms with Gasteiger partial charge in [0.2, 0.25) is 0 Å². The van der Waals surface area contributed by atoms with E-state index in [1.54, 1.807) is 11.8 Å². The van der Waals surface area contributed by atoms with E-state index in [9.17, 15) is 5.11 Å². The number of rotatable bonds is 7. The summed E-state index contributed by atoms with van der Waals surface area (Å²) in [5.74, 6) is 0. The lowest BCUT2D eigenvalue weighted by atomic mass is 10.1. The average molecular weight is 253 g/mol. The topological polar surface area (TPSA) is 32.3 Å². The number of hydrogen-bond donors (Lipinski definition) is 2. The van der Waals surface area contributed by atoms with E-state index in [2.05, 4.69) is 43.4 Å². The predicted octanol–water partition coefficient (Wildman–Crippen LogP) is 2.32. The fourth-order valence-electron chi connectivity index (χ4n) is 2.02. The van der Waals surface area contributed by atoms with Crippen molar-refractivity contribution in [1.29, 1.82) is 0 Å². The first-order chi connectivity index (χ1) is 8.17. The highest BCUT2D eigenvalue weighted by Gasteiger charge is 2.16. The van der Waals surface area contributed by atoms with Crippen molar-refractivity contribution in [2.45, 2.75) is 37.6 Å². The van der Waals surface area contributed by atoms with Crippen molar-refractivity contribution in [3.05, 3.63) is 35.9 Å². The Morgan fingerprint density at radius 1 is 1.24 bits per heavy atom.